The third-order valence-electron chi connectivity index (χ3n) is 2.64. The summed E-state index contributed by atoms with van der Waals surface area (Å²) in [5.41, 5.74) is 0.0870. The van der Waals surface area contributed by atoms with Crippen molar-refractivity contribution < 1.29 is 14.9 Å². The second kappa shape index (κ2) is 6.03. The van der Waals surface area contributed by atoms with E-state index in [1.807, 2.05) is 31.2 Å². The van der Waals surface area contributed by atoms with Gasteiger partial charge >= 0.3 is 0 Å². The van der Waals surface area contributed by atoms with Crippen molar-refractivity contribution in [3.8, 4) is 5.75 Å². The lowest BCUT2D eigenvalue weighted by Gasteiger charge is -2.19. The highest BCUT2D eigenvalue weighted by Gasteiger charge is 2.14. The molecule has 2 N–H and O–H groups in total. The molecule has 96 valence electrons. The molecule has 0 saturated heterocycles. The summed E-state index contributed by atoms with van der Waals surface area (Å²) in [5, 5.41) is 19.4. The first-order chi connectivity index (χ1) is 7.94. The SMILES string of the molecule is CC[C@H](O)c1ccccc1OCCC(C)(C)O. The Morgan fingerprint density at radius 3 is 2.53 bits per heavy atom. The first kappa shape index (κ1) is 14.0. The molecule has 0 amide bonds. The number of ether oxygens (including phenoxy) is 1. The molecule has 3 nitrogen and oxygen atoms in total. The highest BCUT2D eigenvalue weighted by Crippen LogP contribution is 2.27. The average molecular weight is 238 g/mol. The monoisotopic (exact) mass is 238 g/mol. The molecule has 0 bridgehead atoms. The predicted octanol–water partition coefficient (Wildman–Crippen LogP) is 2.67. The summed E-state index contributed by atoms with van der Waals surface area (Å²) >= 11 is 0. The largest absolute Gasteiger partial charge is 0.493 e. The smallest absolute Gasteiger partial charge is 0.125 e. The summed E-state index contributed by atoms with van der Waals surface area (Å²) in [6, 6.07) is 7.48. The van der Waals surface area contributed by atoms with Crippen molar-refractivity contribution in [1.29, 1.82) is 0 Å². The number of rotatable bonds is 6. The van der Waals surface area contributed by atoms with E-state index in [-0.39, 0.29) is 0 Å². The Morgan fingerprint density at radius 1 is 1.29 bits per heavy atom. The van der Waals surface area contributed by atoms with Gasteiger partial charge in [0.15, 0.2) is 0 Å². The molecular formula is C14H22O3. The van der Waals surface area contributed by atoms with E-state index in [2.05, 4.69) is 0 Å². The summed E-state index contributed by atoms with van der Waals surface area (Å²) in [5.74, 6) is 0.700. The summed E-state index contributed by atoms with van der Waals surface area (Å²) < 4.78 is 5.62. The van der Waals surface area contributed by atoms with Gasteiger partial charge in [-0.25, -0.2) is 0 Å². The summed E-state index contributed by atoms with van der Waals surface area (Å²) in [6.07, 6.45) is 0.725. The Labute approximate surface area is 103 Å². The molecule has 3 heteroatoms. The number of hydrogen-bond acceptors (Lipinski definition) is 3. The zero-order valence-electron chi connectivity index (χ0n) is 10.8. The standard InChI is InChI=1S/C14H22O3/c1-4-12(15)11-7-5-6-8-13(11)17-10-9-14(2,3)16/h5-8,12,15-16H,4,9-10H2,1-3H3/t12-/m0/s1. The minimum absolute atomic E-state index is 0.441. The van der Waals surface area contributed by atoms with Gasteiger partial charge < -0.3 is 14.9 Å². The molecule has 0 spiro atoms. The Hall–Kier alpha value is -1.06. The molecule has 0 fully saturated rings. The molecule has 0 radical (unpaired) electrons. The average Bonchev–Trinajstić information content (AvgIpc) is 2.27. The van der Waals surface area contributed by atoms with Gasteiger partial charge in [-0.2, -0.15) is 0 Å². The van der Waals surface area contributed by atoms with Crippen LogP contribution in [0.1, 0.15) is 45.3 Å². The molecule has 0 unspecified atom stereocenters. The lowest BCUT2D eigenvalue weighted by molar-refractivity contribution is 0.0547. The van der Waals surface area contributed by atoms with Gasteiger partial charge in [-0.3, -0.25) is 0 Å². The Bertz CT molecular complexity index is 342. The fourth-order valence-electron chi connectivity index (χ4n) is 1.52. The molecular weight excluding hydrogens is 216 g/mol. The van der Waals surface area contributed by atoms with Crippen molar-refractivity contribution in [2.45, 2.75) is 45.3 Å². The van der Waals surface area contributed by atoms with E-state index < -0.39 is 11.7 Å². The second-order valence-corrected chi connectivity index (χ2v) is 4.87. The molecule has 0 aliphatic rings. The summed E-state index contributed by atoms with van der Waals surface area (Å²) in [4.78, 5) is 0. The lowest BCUT2D eigenvalue weighted by Crippen LogP contribution is -2.22. The maximum absolute atomic E-state index is 9.84. The lowest BCUT2D eigenvalue weighted by atomic mass is 10.1. The zero-order chi connectivity index (χ0) is 12.9. The van der Waals surface area contributed by atoms with Gasteiger partial charge in [0.2, 0.25) is 0 Å². The van der Waals surface area contributed by atoms with Crippen molar-refractivity contribution in [3.63, 3.8) is 0 Å². The van der Waals surface area contributed by atoms with Crippen LogP contribution in [0.15, 0.2) is 24.3 Å². The van der Waals surface area contributed by atoms with E-state index in [9.17, 15) is 10.2 Å². The van der Waals surface area contributed by atoms with Crippen molar-refractivity contribution in [2.75, 3.05) is 6.61 Å². The molecule has 1 rings (SSSR count). The van der Waals surface area contributed by atoms with Crippen LogP contribution in [-0.4, -0.2) is 22.4 Å². The van der Waals surface area contributed by atoms with Crippen LogP contribution in [0.25, 0.3) is 0 Å². The van der Waals surface area contributed by atoms with Gasteiger partial charge in [0.1, 0.15) is 5.75 Å². The van der Waals surface area contributed by atoms with Crippen LogP contribution in [-0.2, 0) is 0 Å². The van der Waals surface area contributed by atoms with Gasteiger partial charge in [0, 0.05) is 12.0 Å². The van der Waals surface area contributed by atoms with E-state index in [1.165, 1.54) is 0 Å². The molecule has 0 aliphatic carbocycles. The molecule has 0 heterocycles. The van der Waals surface area contributed by atoms with Gasteiger partial charge in [-0.15, -0.1) is 0 Å². The van der Waals surface area contributed by atoms with Crippen LogP contribution in [0.2, 0.25) is 0 Å². The molecule has 1 aromatic rings. The number of para-hydroxylation sites is 1. The van der Waals surface area contributed by atoms with Crippen molar-refractivity contribution in [2.24, 2.45) is 0 Å². The summed E-state index contributed by atoms with van der Waals surface area (Å²) in [6.45, 7) is 5.88. The van der Waals surface area contributed by atoms with Gasteiger partial charge in [0.05, 0.1) is 18.3 Å². The third kappa shape index (κ3) is 4.75. The van der Waals surface area contributed by atoms with E-state index in [0.29, 0.717) is 25.2 Å². The normalized spacial score (nSPS) is 13.5. The molecule has 0 aliphatic heterocycles. The fourth-order valence-corrected chi connectivity index (χ4v) is 1.52. The van der Waals surface area contributed by atoms with Gasteiger partial charge in [0.25, 0.3) is 0 Å². The maximum atomic E-state index is 9.84. The van der Waals surface area contributed by atoms with Crippen molar-refractivity contribution in [1.82, 2.24) is 0 Å². The van der Waals surface area contributed by atoms with Crippen LogP contribution in [0.5, 0.6) is 5.75 Å². The molecule has 0 aromatic heterocycles. The zero-order valence-corrected chi connectivity index (χ0v) is 10.8. The minimum Gasteiger partial charge on any atom is -0.493 e. The quantitative estimate of drug-likeness (QED) is 0.801. The first-order valence-electron chi connectivity index (χ1n) is 6.06. The third-order valence-corrected chi connectivity index (χ3v) is 2.64. The summed E-state index contributed by atoms with van der Waals surface area (Å²) in [7, 11) is 0. The highest BCUT2D eigenvalue weighted by atomic mass is 16.5. The Kier molecular flexibility index (Phi) is 4.97. The molecule has 17 heavy (non-hydrogen) atoms. The molecule has 1 aromatic carbocycles. The number of aliphatic hydroxyl groups excluding tert-OH is 1. The molecule has 0 saturated carbocycles. The topological polar surface area (TPSA) is 49.7 Å². The van der Waals surface area contributed by atoms with E-state index in [4.69, 9.17) is 4.74 Å². The van der Waals surface area contributed by atoms with Crippen LogP contribution in [0.4, 0.5) is 0 Å². The van der Waals surface area contributed by atoms with Crippen molar-refractivity contribution >= 4 is 0 Å². The van der Waals surface area contributed by atoms with Gasteiger partial charge in [-0.1, -0.05) is 25.1 Å². The number of hydrogen-bond donors (Lipinski definition) is 2. The van der Waals surface area contributed by atoms with Crippen LogP contribution in [0.3, 0.4) is 0 Å². The number of benzene rings is 1. The van der Waals surface area contributed by atoms with Crippen LogP contribution < -0.4 is 4.74 Å². The van der Waals surface area contributed by atoms with E-state index in [0.717, 1.165) is 5.56 Å². The van der Waals surface area contributed by atoms with Crippen molar-refractivity contribution in [3.05, 3.63) is 29.8 Å². The number of aliphatic hydroxyl groups is 2. The predicted molar refractivity (Wildman–Crippen MR) is 68.1 cm³/mol. The maximum Gasteiger partial charge on any atom is 0.125 e. The van der Waals surface area contributed by atoms with E-state index >= 15 is 0 Å². The highest BCUT2D eigenvalue weighted by molar-refractivity contribution is 5.34. The minimum atomic E-state index is -0.724. The Balaban J connectivity index is 2.64. The van der Waals surface area contributed by atoms with Gasteiger partial charge in [-0.05, 0) is 26.3 Å². The van der Waals surface area contributed by atoms with Crippen LogP contribution in [0, 0.1) is 0 Å². The van der Waals surface area contributed by atoms with E-state index in [1.54, 1.807) is 13.8 Å². The first-order valence-corrected chi connectivity index (χ1v) is 6.06. The van der Waals surface area contributed by atoms with Crippen LogP contribution >= 0.6 is 0 Å². The second-order valence-electron chi connectivity index (χ2n) is 4.87. The Morgan fingerprint density at radius 2 is 1.94 bits per heavy atom. The molecule has 1 atom stereocenters. The fraction of sp³-hybridized carbons (Fsp3) is 0.571.